The lowest BCUT2D eigenvalue weighted by Gasteiger charge is -2.38. The first-order chi connectivity index (χ1) is 10.9. The SMILES string of the molecule is C[N+](C/C=C/c1ccccc1)(Cc1ccccc1)C[Si](C)(C)C.[Br-]. The highest BCUT2D eigenvalue weighted by Crippen LogP contribution is 2.17. The second kappa shape index (κ2) is 9.35. The second-order valence-electron chi connectivity index (χ2n) is 7.98. The van der Waals surface area contributed by atoms with Gasteiger partial charge in [0.1, 0.15) is 14.6 Å². The number of hydrogen-bond donors (Lipinski definition) is 0. The lowest BCUT2D eigenvalue weighted by molar-refractivity contribution is -0.907. The molecule has 0 aliphatic rings. The number of rotatable bonds is 7. The Labute approximate surface area is 159 Å². The molecule has 0 amide bonds. The monoisotopic (exact) mass is 403 g/mol. The molecule has 0 bridgehead atoms. The molecule has 0 heterocycles. The van der Waals surface area contributed by atoms with Crippen LogP contribution in [0.2, 0.25) is 19.6 Å². The number of likely N-dealkylation sites (N-methyl/N-ethyl adjacent to an activating group) is 1. The van der Waals surface area contributed by atoms with Gasteiger partial charge in [-0.3, -0.25) is 0 Å². The van der Waals surface area contributed by atoms with E-state index in [1.807, 2.05) is 0 Å². The molecule has 1 nitrogen and oxygen atoms in total. The van der Waals surface area contributed by atoms with Gasteiger partial charge in [-0.15, -0.1) is 0 Å². The first-order valence-electron chi connectivity index (χ1n) is 8.45. The highest BCUT2D eigenvalue weighted by atomic mass is 79.9. The molecule has 0 aliphatic heterocycles. The fraction of sp³-hybridized carbons (Fsp3) is 0.333. The quantitative estimate of drug-likeness (QED) is 0.491. The van der Waals surface area contributed by atoms with Gasteiger partial charge in [0.15, 0.2) is 0 Å². The minimum absolute atomic E-state index is 0. The van der Waals surface area contributed by atoms with Crippen molar-refractivity contribution in [2.75, 3.05) is 19.8 Å². The van der Waals surface area contributed by atoms with Gasteiger partial charge in [0.25, 0.3) is 0 Å². The minimum Gasteiger partial charge on any atom is -1.00 e. The maximum Gasteiger partial charge on any atom is 0.110 e. The zero-order valence-electron chi connectivity index (χ0n) is 15.4. The lowest BCUT2D eigenvalue weighted by atomic mass is 10.2. The molecule has 0 saturated carbocycles. The summed E-state index contributed by atoms with van der Waals surface area (Å²) in [5, 5.41) is 0. The second-order valence-corrected chi connectivity index (χ2v) is 13.4. The van der Waals surface area contributed by atoms with Gasteiger partial charge >= 0.3 is 0 Å². The predicted octanol–water partition coefficient (Wildman–Crippen LogP) is 2.23. The van der Waals surface area contributed by atoms with Crippen LogP contribution < -0.4 is 17.0 Å². The normalized spacial score (nSPS) is 14.2. The molecule has 0 saturated heterocycles. The van der Waals surface area contributed by atoms with Crippen LogP contribution in [0.1, 0.15) is 11.1 Å². The van der Waals surface area contributed by atoms with E-state index in [2.05, 4.69) is 99.5 Å². The maximum atomic E-state index is 2.47. The summed E-state index contributed by atoms with van der Waals surface area (Å²) in [6.07, 6.45) is 5.89. The Morgan fingerprint density at radius 3 is 1.96 bits per heavy atom. The van der Waals surface area contributed by atoms with Gasteiger partial charge in [0.2, 0.25) is 0 Å². The molecule has 1 atom stereocenters. The standard InChI is InChI=1S/C21H30NSi.BrH/c1-22(19-23(2,3)4,18-21-14-9-6-10-15-21)17-11-16-20-12-7-5-8-13-20;/h5-16H,17-19H2,1-4H3;1H/q+1;/p-1/b16-11+;. The molecule has 24 heavy (non-hydrogen) atoms. The molecule has 2 rings (SSSR count). The topological polar surface area (TPSA) is 0 Å². The molecule has 130 valence electrons. The van der Waals surface area contributed by atoms with E-state index in [9.17, 15) is 0 Å². The van der Waals surface area contributed by atoms with Crippen LogP contribution >= 0.6 is 0 Å². The van der Waals surface area contributed by atoms with Gasteiger partial charge in [-0.1, -0.05) is 86.4 Å². The summed E-state index contributed by atoms with van der Waals surface area (Å²) in [5.74, 6) is 0. The summed E-state index contributed by atoms with van der Waals surface area (Å²) in [5.41, 5.74) is 2.72. The molecule has 0 N–H and O–H groups in total. The molecule has 0 radical (unpaired) electrons. The van der Waals surface area contributed by atoms with Gasteiger partial charge in [0.05, 0.1) is 19.8 Å². The van der Waals surface area contributed by atoms with Crippen LogP contribution in [0, 0.1) is 0 Å². The number of hydrogen-bond acceptors (Lipinski definition) is 0. The fourth-order valence-corrected chi connectivity index (χ4v) is 5.89. The Bertz CT molecular complexity index is 619. The largest absolute Gasteiger partial charge is 1.00 e. The molecule has 0 aliphatic carbocycles. The predicted molar refractivity (Wildman–Crippen MR) is 105 cm³/mol. The maximum absolute atomic E-state index is 2.47. The van der Waals surface area contributed by atoms with Gasteiger partial charge in [0, 0.05) is 5.56 Å². The number of nitrogens with zero attached hydrogens (tertiary/aromatic N) is 1. The van der Waals surface area contributed by atoms with E-state index in [4.69, 9.17) is 0 Å². The smallest absolute Gasteiger partial charge is 0.110 e. The highest BCUT2D eigenvalue weighted by molar-refractivity contribution is 6.76. The van der Waals surface area contributed by atoms with Gasteiger partial charge < -0.3 is 21.5 Å². The van der Waals surface area contributed by atoms with Crippen LogP contribution in [-0.2, 0) is 6.54 Å². The van der Waals surface area contributed by atoms with Crippen LogP contribution in [0.4, 0.5) is 0 Å². The van der Waals surface area contributed by atoms with Crippen molar-refractivity contribution in [3.8, 4) is 0 Å². The highest BCUT2D eigenvalue weighted by Gasteiger charge is 2.29. The van der Waals surface area contributed by atoms with Crippen molar-refractivity contribution in [2.24, 2.45) is 0 Å². The third-order valence-corrected chi connectivity index (χ3v) is 5.63. The van der Waals surface area contributed by atoms with Crippen molar-refractivity contribution in [3.63, 3.8) is 0 Å². The first kappa shape index (κ1) is 20.9. The van der Waals surface area contributed by atoms with E-state index < -0.39 is 8.07 Å². The third-order valence-electron chi connectivity index (χ3n) is 3.92. The Kier molecular flexibility index (Phi) is 8.14. The average molecular weight is 404 g/mol. The molecule has 2 aromatic carbocycles. The van der Waals surface area contributed by atoms with Gasteiger partial charge in [-0.2, -0.15) is 0 Å². The van der Waals surface area contributed by atoms with Crippen LogP contribution in [0.5, 0.6) is 0 Å². The van der Waals surface area contributed by atoms with Gasteiger partial charge in [-0.25, -0.2) is 0 Å². The van der Waals surface area contributed by atoms with E-state index >= 15 is 0 Å². The Hall–Kier alpha value is -1.16. The first-order valence-corrected chi connectivity index (χ1v) is 12.2. The van der Waals surface area contributed by atoms with Crippen molar-refractivity contribution in [2.45, 2.75) is 26.2 Å². The molecular weight excluding hydrogens is 374 g/mol. The molecule has 0 spiro atoms. The molecule has 0 fully saturated rings. The van der Waals surface area contributed by atoms with Crippen molar-refractivity contribution < 1.29 is 21.5 Å². The van der Waals surface area contributed by atoms with Gasteiger partial charge in [-0.05, 0) is 11.6 Å². The van der Waals surface area contributed by atoms with E-state index in [0.717, 1.165) is 17.6 Å². The van der Waals surface area contributed by atoms with E-state index in [0.29, 0.717) is 0 Å². The third kappa shape index (κ3) is 7.60. The van der Waals surface area contributed by atoms with Crippen LogP contribution in [-0.4, -0.2) is 32.3 Å². The Balaban J connectivity index is 0.00000288. The summed E-state index contributed by atoms with van der Waals surface area (Å²) in [6.45, 7) is 9.58. The Morgan fingerprint density at radius 2 is 1.42 bits per heavy atom. The number of benzene rings is 2. The van der Waals surface area contributed by atoms with Crippen LogP contribution in [0.15, 0.2) is 66.7 Å². The summed E-state index contributed by atoms with van der Waals surface area (Å²) >= 11 is 0. The number of quaternary nitrogens is 1. The van der Waals surface area contributed by atoms with E-state index in [1.54, 1.807) is 0 Å². The lowest BCUT2D eigenvalue weighted by Crippen LogP contribution is -3.00. The Morgan fingerprint density at radius 1 is 0.875 bits per heavy atom. The van der Waals surface area contributed by atoms with Crippen molar-refractivity contribution >= 4 is 14.1 Å². The average Bonchev–Trinajstić information content (AvgIpc) is 2.47. The molecule has 0 aromatic heterocycles. The van der Waals surface area contributed by atoms with E-state index in [1.165, 1.54) is 17.3 Å². The number of halogens is 1. The van der Waals surface area contributed by atoms with Crippen molar-refractivity contribution in [3.05, 3.63) is 77.9 Å². The fourth-order valence-electron chi connectivity index (χ4n) is 3.36. The molecule has 1 unspecified atom stereocenters. The van der Waals surface area contributed by atoms with E-state index in [-0.39, 0.29) is 17.0 Å². The zero-order valence-corrected chi connectivity index (χ0v) is 18.0. The minimum atomic E-state index is -1.14. The molecular formula is C21H30BrNSi. The summed E-state index contributed by atoms with van der Waals surface area (Å²) < 4.78 is 1.09. The van der Waals surface area contributed by atoms with Crippen molar-refractivity contribution in [1.29, 1.82) is 0 Å². The van der Waals surface area contributed by atoms with Crippen molar-refractivity contribution in [1.82, 2.24) is 0 Å². The summed E-state index contributed by atoms with van der Waals surface area (Å²) in [6, 6.07) is 21.5. The molecule has 2 aromatic rings. The molecule has 3 heteroatoms. The summed E-state index contributed by atoms with van der Waals surface area (Å²) in [7, 11) is 1.27. The van der Waals surface area contributed by atoms with Crippen LogP contribution in [0.25, 0.3) is 6.08 Å². The summed E-state index contributed by atoms with van der Waals surface area (Å²) in [4.78, 5) is 0. The zero-order chi connectivity index (χ0) is 16.8. The van der Waals surface area contributed by atoms with Crippen LogP contribution in [0.3, 0.4) is 0 Å².